The number of hydrogen-bond donors (Lipinski definition) is 0. The van der Waals surface area contributed by atoms with Crippen LogP contribution in [0.2, 0.25) is 0 Å². The zero-order valence-corrected chi connectivity index (χ0v) is 35.4. The smallest absolute Gasteiger partial charge is 0.0476 e. The molecule has 11 aromatic rings. The summed E-state index contributed by atoms with van der Waals surface area (Å²) in [5, 5.41) is 2.60. The van der Waals surface area contributed by atoms with Crippen molar-refractivity contribution >= 4 is 65.6 Å². The molecule has 63 heavy (non-hydrogen) atoms. The molecule has 0 saturated carbocycles. The molecule has 3 heteroatoms. The fraction of sp³-hybridized carbons (Fsp3) is 0. The predicted molar refractivity (Wildman–Crippen MR) is 270 cm³/mol. The van der Waals surface area contributed by atoms with E-state index in [0.717, 1.165) is 45.3 Å². The molecule has 2 nitrogen and oxygen atoms in total. The summed E-state index contributed by atoms with van der Waals surface area (Å²) in [5.41, 5.74) is 16.1. The molecule has 11 rings (SSSR count). The highest BCUT2D eigenvalue weighted by molar-refractivity contribution is 7.25. The standard InChI is InChI=1S/C60H42N2S/c1-4-13-43(14-5-1)46-23-31-51(32-24-46)61(52-33-25-47(26-34-52)44-15-6-2-7-16-44)53-37-29-49(30-38-53)50-19-12-20-55(41-50)62(54-35-27-48(28-36-54)45-17-8-3-9-18-45)56-39-40-58-57-21-10-11-22-59(57)63-60(58)42-56/h1-42H. The van der Waals surface area contributed by atoms with Crippen LogP contribution in [-0.2, 0) is 0 Å². The molecule has 0 bridgehead atoms. The maximum absolute atomic E-state index is 2.39. The van der Waals surface area contributed by atoms with E-state index in [-0.39, 0.29) is 0 Å². The summed E-state index contributed by atoms with van der Waals surface area (Å²) < 4.78 is 2.58. The van der Waals surface area contributed by atoms with Gasteiger partial charge in [-0.15, -0.1) is 11.3 Å². The molecule has 10 aromatic carbocycles. The summed E-state index contributed by atoms with van der Waals surface area (Å²) in [6, 6.07) is 91.9. The summed E-state index contributed by atoms with van der Waals surface area (Å²) in [5.74, 6) is 0. The van der Waals surface area contributed by atoms with Crippen LogP contribution in [0.15, 0.2) is 255 Å². The van der Waals surface area contributed by atoms with E-state index in [0.29, 0.717) is 0 Å². The average Bonchev–Trinajstić information content (AvgIpc) is 3.74. The summed E-state index contributed by atoms with van der Waals surface area (Å²) in [6.45, 7) is 0. The molecule has 0 fully saturated rings. The van der Waals surface area contributed by atoms with Gasteiger partial charge in [0.2, 0.25) is 0 Å². The molecule has 0 spiro atoms. The number of nitrogens with zero attached hydrogens (tertiary/aromatic N) is 2. The van der Waals surface area contributed by atoms with Gasteiger partial charge in [-0.3, -0.25) is 0 Å². The zero-order chi connectivity index (χ0) is 42.0. The first kappa shape index (κ1) is 38.0. The Labute approximate surface area is 372 Å². The van der Waals surface area contributed by atoms with Gasteiger partial charge < -0.3 is 9.80 Å². The summed E-state index contributed by atoms with van der Waals surface area (Å²) in [6.07, 6.45) is 0. The highest BCUT2D eigenvalue weighted by atomic mass is 32.1. The van der Waals surface area contributed by atoms with Crippen LogP contribution in [0.25, 0.3) is 64.7 Å². The van der Waals surface area contributed by atoms with Gasteiger partial charge in [0.1, 0.15) is 0 Å². The lowest BCUT2D eigenvalue weighted by Crippen LogP contribution is -2.10. The van der Waals surface area contributed by atoms with Gasteiger partial charge in [0, 0.05) is 54.3 Å². The monoisotopic (exact) mass is 822 g/mol. The van der Waals surface area contributed by atoms with Crippen LogP contribution >= 0.6 is 11.3 Å². The predicted octanol–water partition coefficient (Wildman–Crippen LogP) is 17.7. The topological polar surface area (TPSA) is 6.48 Å². The fourth-order valence-corrected chi connectivity index (χ4v) is 9.82. The molecule has 0 aliphatic heterocycles. The Kier molecular flexibility index (Phi) is 10.1. The molecule has 0 atom stereocenters. The zero-order valence-electron chi connectivity index (χ0n) is 34.6. The molecular formula is C60H42N2S. The van der Waals surface area contributed by atoms with Crippen molar-refractivity contribution in [1.29, 1.82) is 0 Å². The maximum atomic E-state index is 2.39. The minimum atomic E-state index is 1.09. The first-order chi connectivity index (χ1) is 31.2. The van der Waals surface area contributed by atoms with Gasteiger partial charge in [0.25, 0.3) is 0 Å². The normalized spacial score (nSPS) is 11.2. The number of fused-ring (bicyclic) bond motifs is 3. The Balaban J connectivity index is 0.959. The Hall–Kier alpha value is -7.98. The van der Waals surface area contributed by atoms with Crippen molar-refractivity contribution in [2.75, 3.05) is 9.80 Å². The summed E-state index contributed by atoms with van der Waals surface area (Å²) >= 11 is 1.85. The molecule has 1 aromatic heterocycles. The minimum absolute atomic E-state index is 1.09. The SMILES string of the molecule is c1ccc(-c2ccc(N(c3ccc(-c4ccccc4)cc3)c3ccc(-c4cccc(N(c5ccc(-c6ccccc6)cc5)c5ccc6c(c5)sc5ccccc56)c4)cc3)cc2)cc1. The maximum Gasteiger partial charge on any atom is 0.0476 e. The second-order valence-electron chi connectivity index (χ2n) is 15.8. The second kappa shape index (κ2) is 16.8. The molecule has 0 N–H and O–H groups in total. The van der Waals surface area contributed by atoms with E-state index < -0.39 is 0 Å². The first-order valence-electron chi connectivity index (χ1n) is 21.4. The van der Waals surface area contributed by atoms with Gasteiger partial charge in [-0.2, -0.15) is 0 Å². The van der Waals surface area contributed by atoms with Crippen molar-refractivity contribution in [2.45, 2.75) is 0 Å². The van der Waals surface area contributed by atoms with Crippen LogP contribution in [0.5, 0.6) is 0 Å². The van der Waals surface area contributed by atoms with E-state index in [4.69, 9.17) is 0 Å². The van der Waals surface area contributed by atoms with Gasteiger partial charge in [-0.05, 0) is 123 Å². The van der Waals surface area contributed by atoms with Crippen LogP contribution in [0, 0.1) is 0 Å². The van der Waals surface area contributed by atoms with Crippen LogP contribution < -0.4 is 9.80 Å². The Morgan fingerprint density at radius 3 is 1.02 bits per heavy atom. The van der Waals surface area contributed by atoms with Crippen LogP contribution in [-0.4, -0.2) is 0 Å². The van der Waals surface area contributed by atoms with E-state index in [1.165, 1.54) is 53.6 Å². The minimum Gasteiger partial charge on any atom is -0.311 e. The molecule has 0 saturated heterocycles. The largest absolute Gasteiger partial charge is 0.311 e. The number of anilines is 6. The van der Waals surface area contributed by atoms with E-state index >= 15 is 0 Å². The molecule has 0 amide bonds. The van der Waals surface area contributed by atoms with E-state index in [1.807, 2.05) is 11.3 Å². The third-order valence-electron chi connectivity index (χ3n) is 11.9. The number of rotatable bonds is 10. The van der Waals surface area contributed by atoms with Gasteiger partial charge in [0.05, 0.1) is 0 Å². The Morgan fingerprint density at radius 1 is 0.206 bits per heavy atom. The lowest BCUT2D eigenvalue weighted by Gasteiger charge is -2.27. The summed E-state index contributed by atoms with van der Waals surface area (Å²) in [4.78, 5) is 4.73. The van der Waals surface area contributed by atoms with Gasteiger partial charge >= 0.3 is 0 Å². The molecule has 0 unspecified atom stereocenters. The van der Waals surface area contributed by atoms with Crippen LogP contribution in [0.4, 0.5) is 34.1 Å². The van der Waals surface area contributed by atoms with Crippen LogP contribution in [0.1, 0.15) is 0 Å². The highest BCUT2D eigenvalue weighted by Gasteiger charge is 2.18. The average molecular weight is 823 g/mol. The van der Waals surface area contributed by atoms with Crippen LogP contribution in [0.3, 0.4) is 0 Å². The van der Waals surface area contributed by atoms with Gasteiger partial charge in [-0.25, -0.2) is 0 Å². The van der Waals surface area contributed by atoms with Crippen molar-refractivity contribution < 1.29 is 0 Å². The van der Waals surface area contributed by atoms with Crippen molar-refractivity contribution in [3.8, 4) is 44.5 Å². The van der Waals surface area contributed by atoms with E-state index in [1.54, 1.807) is 0 Å². The summed E-state index contributed by atoms with van der Waals surface area (Å²) in [7, 11) is 0. The number of benzene rings is 10. The molecule has 298 valence electrons. The van der Waals surface area contributed by atoms with Gasteiger partial charge in [0.15, 0.2) is 0 Å². The molecule has 0 aliphatic carbocycles. The first-order valence-corrected chi connectivity index (χ1v) is 22.2. The van der Waals surface area contributed by atoms with E-state index in [9.17, 15) is 0 Å². The highest BCUT2D eigenvalue weighted by Crippen LogP contribution is 2.43. The third kappa shape index (κ3) is 7.67. The van der Waals surface area contributed by atoms with E-state index in [2.05, 4.69) is 265 Å². The van der Waals surface area contributed by atoms with Crippen molar-refractivity contribution in [1.82, 2.24) is 0 Å². The molecule has 0 aliphatic rings. The lowest BCUT2D eigenvalue weighted by atomic mass is 10.0. The Bertz CT molecular complexity index is 3200. The quantitative estimate of drug-likeness (QED) is 0.136. The number of thiophene rings is 1. The fourth-order valence-electron chi connectivity index (χ4n) is 8.68. The third-order valence-corrected chi connectivity index (χ3v) is 13.0. The number of hydrogen-bond acceptors (Lipinski definition) is 3. The Morgan fingerprint density at radius 2 is 0.540 bits per heavy atom. The van der Waals surface area contributed by atoms with Crippen molar-refractivity contribution in [3.63, 3.8) is 0 Å². The molecule has 0 radical (unpaired) electrons. The molecule has 1 heterocycles. The van der Waals surface area contributed by atoms with Crippen molar-refractivity contribution in [2.24, 2.45) is 0 Å². The lowest BCUT2D eigenvalue weighted by molar-refractivity contribution is 1.28. The molecular weight excluding hydrogens is 781 g/mol. The second-order valence-corrected chi connectivity index (χ2v) is 16.9. The van der Waals surface area contributed by atoms with Crippen molar-refractivity contribution in [3.05, 3.63) is 255 Å². The van der Waals surface area contributed by atoms with Gasteiger partial charge in [-0.1, -0.05) is 176 Å².